The van der Waals surface area contributed by atoms with Gasteiger partial charge < -0.3 is 14.6 Å². The summed E-state index contributed by atoms with van der Waals surface area (Å²) in [5.41, 5.74) is 1.71. The number of carbonyl (C=O) groups excluding carboxylic acids is 1. The Bertz CT molecular complexity index is 898. The van der Waals surface area contributed by atoms with Gasteiger partial charge in [-0.3, -0.25) is 4.79 Å². The summed E-state index contributed by atoms with van der Waals surface area (Å²) in [7, 11) is 4.09. The van der Waals surface area contributed by atoms with Crippen molar-refractivity contribution in [2.24, 2.45) is 5.41 Å². The summed E-state index contributed by atoms with van der Waals surface area (Å²) in [6.45, 7) is 5.80. The first kappa shape index (κ1) is 20.0. The minimum atomic E-state index is -0.139. The lowest BCUT2D eigenvalue weighted by atomic mass is 9.93. The van der Waals surface area contributed by atoms with Gasteiger partial charge in [-0.05, 0) is 37.0 Å². The Morgan fingerprint density at radius 2 is 2.00 bits per heavy atom. The zero-order chi connectivity index (χ0) is 19.4. The topological polar surface area (TPSA) is 45.5 Å². The van der Waals surface area contributed by atoms with E-state index in [0.717, 1.165) is 23.1 Å². The van der Waals surface area contributed by atoms with Crippen LogP contribution in [-0.2, 0) is 5.75 Å². The Balaban J connectivity index is 1.80. The number of thioether (sulfide) groups is 1. The quantitative estimate of drug-likeness (QED) is 0.532. The SMILES string of the molecule is CN(C)CC(C)(C)CNC(=O)c1oc2ccccc2c1CSc1cccs1. The first-order chi connectivity index (χ1) is 12.9. The van der Waals surface area contributed by atoms with Crippen LogP contribution in [0.2, 0.25) is 0 Å². The Labute approximate surface area is 168 Å². The van der Waals surface area contributed by atoms with Crippen molar-refractivity contribution in [1.82, 2.24) is 10.2 Å². The predicted octanol–water partition coefficient (Wildman–Crippen LogP) is 5.10. The fourth-order valence-corrected chi connectivity index (χ4v) is 5.04. The molecule has 0 aliphatic rings. The smallest absolute Gasteiger partial charge is 0.287 e. The molecular formula is C21H26N2O2S2. The third-order valence-corrected chi connectivity index (χ3v) is 6.39. The summed E-state index contributed by atoms with van der Waals surface area (Å²) < 4.78 is 7.18. The molecule has 0 fully saturated rings. The molecular weight excluding hydrogens is 376 g/mol. The van der Waals surface area contributed by atoms with E-state index in [1.807, 2.05) is 44.4 Å². The molecule has 2 aromatic heterocycles. The molecule has 27 heavy (non-hydrogen) atoms. The number of rotatable bonds is 8. The van der Waals surface area contributed by atoms with Gasteiger partial charge in [-0.25, -0.2) is 0 Å². The van der Waals surface area contributed by atoms with Crippen molar-refractivity contribution in [3.8, 4) is 0 Å². The van der Waals surface area contributed by atoms with Crippen LogP contribution in [0.25, 0.3) is 11.0 Å². The zero-order valence-electron chi connectivity index (χ0n) is 16.2. The van der Waals surface area contributed by atoms with Crippen LogP contribution in [0.15, 0.2) is 50.4 Å². The summed E-state index contributed by atoms with van der Waals surface area (Å²) in [6, 6.07) is 12.0. The summed E-state index contributed by atoms with van der Waals surface area (Å²) in [5.74, 6) is 1.00. The normalized spacial score (nSPS) is 12.0. The van der Waals surface area contributed by atoms with Crippen molar-refractivity contribution in [3.05, 3.63) is 53.1 Å². The van der Waals surface area contributed by atoms with Gasteiger partial charge in [0, 0.05) is 29.8 Å². The lowest BCUT2D eigenvalue weighted by Gasteiger charge is -2.28. The lowest BCUT2D eigenvalue weighted by molar-refractivity contribution is 0.0902. The second-order valence-electron chi connectivity index (χ2n) is 7.71. The molecule has 144 valence electrons. The molecule has 1 aromatic carbocycles. The van der Waals surface area contributed by atoms with Crippen molar-refractivity contribution in [1.29, 1.82) is 0 Å². The van der Waals surface area contributed by atoms with E-state index in [9.17, 15) is 4.79 Å². The van der Waals surface area contributed by atoms with Crippen LogP contribution in [0.5, 0.6) is 0 Å². The Hall–Kier alpha value is -1.76. The number of furan rings is 1. The highest BCUT2D eigenvalue weighted by molar-refractivity contribution is 8.00. The molecule has 0 bridgehead atoms. The highest BCUT2D eigenvalue weighted by Crippen LogP contribution is 2.33. The lowest BCUT2D eigenvalue weighted by Crippen LogP contribution is -2.40. The molecule has 1 amide bonds. The number of hydrogen-bond donors (Lipinski definition) is 1. The Kier molecular flexibility index (Phi) is 6.29. The van der Waals surface area contributed by atoms with Gasteiger partial charge >= 0.3 is 0 Å². The van der Waals surface area contributed by atoms with Gasteiger partial charge in [0.25, 0.3) is 5.91 Å². The number of carbonyl (C=O) groups is 1. The van der Waals surface area contributed by atoms with E-state index in [-0.39, 0.29) is 11.3 Å². The van der Waals surface area contributed by atoms with Gasteiger partial charge in [-0.2, -0.15) is 0 Å². The van der Waals surface area contributed by atoms with Crippen LogP contribution >= 0.6 is 23.1 Å². The van der Waals surface area contributed by atoms with E-state index in [0.29, 0.717) is 18.1 Å². The summed E-state index contributed by atoms with van der Waals surface area (Å²) in [5, 5.41) is 6.15. The zero-order valence-corrected chi connectivity index (χ0v) is 17.9. The van der Waals surface area contributed by atoms with E-state index in [1.54, 1.807) is 23.1 Å². The Morgan fingerprint density at radius 3 is 2.70 bits per heavy atom. The monoisotopic (exact) mass is 402 g/mol. The molecule has 3 rings (SSSR count). The molecule has 0 aliphatic carbocycles. The minimum Gasteiger partial charge on any atom is -0.451 e. The highest BCUT2D eigenvalue weighted by atomic mass is 32.2. The summed E-state index contributed by atoms with van der Waals surface area (Å²) >= 11 is 3.45. The maximum atomic E-state index is 12.9. The largest absolute Gasteiger partial charge is 0.451 e. The van der Waals surface area contributed by atoms with Crippen molar-refractivity contribution < 1.29 is 9.21 Å². The molecule has 1 N–H and O–H groups in total. The fourth-order valence-electron chi connectivity index (χ4n) is 3.23. The molecule has 0 unspecified atom stereocenters. The third-order valence-electron chi connectivity index (χ3n) is 4.23. The number of thiophene rings is 1. The van der Waals surface area contributed by atoms with Crippen molar-refractivity contribution in [3.63, 3.8) is 0 Å². The first-order valence-electron chi connectivity index (χ1n) is 8.95. The molecule has 0 saturated heterocycles. The van der Waals surface area contributed by atoms with Gasteiger partial charge in [-0.15, -0.1) is 23.1 Å². The second kappa shape index (κ2) is 8.50. The Morgan fingerprint density at radius 1 is 1.22 bits per heavy atom. The van der Waals surface area contributed by atoms with Gasteiger partial charge in [-0.1, -0.05) is 38.1 Å². The molecule has 0 radical (unpaired) electrons. The standard InChI is InChI=1S/C21H26N2O2S2/c1-21(2,14-23(3)4)13-22-20(24)19-16(12-27-18-10-7-11-26-18)15-8-5-6-9-17(15)25-19/h5-11H,12-14H2,1-4H3,(H,22,24). The van der Waals surface area contributed by atoms with E-state index < -0.39 is 0 Å². The fraction of sp³-hybridized carbons (Fsp3) is 0.381. The summed E-state index contributed by atoms with van der Waals surface area (Å²) in [6.07, 6.45) is 0. The average Bonchev–Trinajstić information content (AvgIpc) is 3.24. The van der Waals surface area contributed by atoms with Crippen LogP contribution in [0.1, 0.15) is 30.0 Å². The maximum Gasteiger partial charge on any atom is 0.287 e. The van der Waals surface area contributed by atoms with Crippen molar-refractivity contribution in [2.45, 2.75) is 23.8 Å². The van der Waals surface area contributed by atoms with Crippen molar-refractivity contribution >= 4 is 40.0 Å². The molecule has 2 heterocycles. The number of para-hydroxylation sites is 1. The van der Waals surface area contributed by atoms with E-state index in [4.69, 9.17) is 4.42 Å². The number of nitrogens with one attached hydrogen (secondary N) is 1. The van der Waals surface area contributed by atoms with Gasteiger partial charge in [0.2, 0.25) is 0 Å². The van der Waals surface area contributed by atoms with Crippen LogP contribution in [0, 0.1) is 5.41 Å². The molecule has 3 aromatic rings. The first-order valence-corrected chi connectivity index (χ1v) is 10.8. The average molecular weight is 403 g/mol. The third kappa shape index (κ3) is 5.15. The molecule has 0 spiro atoms. The second-order valence-corrected chi connectivity index (χ2v) is 9.93. The van der Waals surface area contributed by atoms with Crippen LogP contribution in [0.4, 0.5) is 0 Å². The number of nitrogens with zero attached hydrogens (tertiary/aromatic N) is 1. The molecule has 0 saturated carbocycles. The molecule has 4 nitrogen and oxygen atoms in total. The molecule has 0 aliphatic heterocycles. The van der Waals surface area contributed by atoms with Gasteiger partial charge in [0.15, 0.2) is 5.76 Å². The van der Waals surface area contributed by atoms with Crippen LogP contribution < -0.4 is 5.32 Å². The van der Waals surface area contributed by atoms with Crippen LogP contribution in [0.3, 0.4) is 0 Å². The molecule has 0 atom stereocenters. The van der Waals surface area contributed by atoms with Gasteiger partial charge in [0.1, 0.15) is 5.58 Å². The number of benzene rings is 1. The number of amides is 1. The van der Waals surface area contributed by atoms with E-state index >= 15 is 0 Å². The molecule has 6 heteroatoms. The van der Waals surface area contributed by atoms with Gasteiger partial charge in [0.05, 0.1) is 4.21 Å². The summed E-state index contributed by atoms with van der Waals surface area (Å²) in [4.78, 5) is 15.0. The number of hydrogen-bond acceptors (Lipinski definition) is 5. The number of fused-ring (bicyclic) bond motifs is 1. The minimum absolute atomic E-state index is 0.0168. The van der Waals surface area contributed by atoms with E-state index in [2.05, 4.69) is 35.5 Å². The van der Waals surface area contributed by atoms with E-state index in [1.165, 1.54) is 4.21 Å². The highest BCUT2D eigenvalue weighted by Gasteiger charge is 2.24. The maximum absolute atomic E-state index is 12.9. The predicted molar refractivity (Wildman–Crippen MR) is 115 cm³/mol. The van der Waals surface area contributed by atoms with Crippen molar-refractivity contribution in [2.75, 3.05) is 27.2 Å². The van der Waals surface area contributed by atoms with Crippen LogP contribution in [-0.4, -0.2) is 38.0 Å².